The van der Waals surface area contributed by atoms with Crippen LogP contribution in [0.4, 0.5) is 14.5 Å². The Morgan fingerprint density at radius 3 is 2.47 bits per heavy atom. The number of anilines is 1. The van der Waals surface area contributed by atoms with Gasteiger partial charge in [0.05, 0.1) is 16.8 Å². The summed E-state index contributed by atoms with van der Waals surface area (Å²) in [7, 11) is 1.48. The molecule has 1 amide bonds. The van der Waals surface area contributed by atoms with Crippen LogP contribution in [0.1, 0.15) is 37.8 Å². The summed E-state index contributed by atoms with van der Waals surface area (Å²) in [5, 5.41) is 15.6. The minimum Gasteiger partial charge on any atom is -0.388 e. The van der Waals surface area contributed by atoms with Crippen molar-refractivity contribution < 1.29 is 18.7 Å². The minimum absolute atomic E-state index is 0.0499. The molecule has 0 spiro atoms. The molecule has 1 N–H and O–H groups in total. The lowest BCUT2D eigenvalue weighted by Crippen LogP contribution is -2.34. The molecular weight excluding hydrogens is 442 g/mol. The smallest absolute Gasteiger partial charge is 0.263 e. The second-order valence-electron chi connectivity index (χ2n) is 8.31. The normalized spacial score (nSPS) is 11.9. The largest absolute Gasteiger partial charge is 0.388 e. The van der Waals surface area contributed by atoms with Gasteiger partial charge in [-0.05, 0) is 60.5 Å². The van der Waals surface area contributed by atoms with E-state index >= 15 is 4.39 Å². The molecule has 1 aromatic heterocycles. The van der Waals surface area contributed by atoms with Crippen LogP contribution in [-0.4, -0.2) is 47.0 Å². The van der Waals surface area contributed by atoms with Crippen LogP contribution in [-0.2, 0) is 4.79 Å². The molecule has 0 aliphatic rings. The topological polar surface area (TPSA) is 78.1 Å². The van der Waals surface area contributed by atoms with Crippen molar-refractivity contribution in [1.29, 1.82) is 0 Å². The van der Waals surface area contributed by atoms with E-state index < -0.39 is 23.8 Å². The summed E-state index contributed by atoms with van der Waals surface area (Å²) in [4.78, 5) is 25.7. The third-order valence-corrected chi connectivity index (χ3v) is 5.65. The van der Waals surface area contributed by atoms with Crippen molar-refractivity contribution in [1.82, 2.24) is 9.47 Å². The van der Waals surface area contributed by atoms with Gasteiger partial charge in [0.25, 0.3) is 5.56 Å². The molecule has 0 radical (unpaired) electrons. The molecular formula is C25H28F2N4O3. The van der Waals surface area contributed by atoms with E-state index in [4.69, 9.17) is 0 Å². The fourth-order valence-electron chi connectivity index (χ4n) is 3.79. The zero-order chi connectivity index (χ0) is 25.2. The van der Waals surface area contributed by atoms with E-state index in [1.165, 1.54) is 33.7 Å². The zero-order valence-electron chi connectivity index (χ0n) is 19.8. The van der Waals surface area contributed by atoms with Crippen LogP contribution in [0, 0.1) is 18.6 Å². The van der Waals surface area contributed by atoms with Crippen LogP contribution in [0.2, 0.25) is 0 Å². The first-order valence-electron chi connectivity index (χ1n) is 10.9. The molecule has 3 aromatic rings. The number of amides is 1. The zero-order valence-corrected chi connectivity index (χ0v) is 19.8. The molecule has 180 valence electrons. The van der Waals surface area contributed by atoms with Gasteiger partial charge in [-0.15, -0.1) is 0 Å². The number of likely N-dealkylation sites (N-methyl/N-ethyl adjacent to an activating group) is 1. The average molecular weight is 471 g/mol. The molecule has 34 heavy (non-hydrogen) atoms. The summed E-state index contributed by atoms with van der Waals surface area (Å²) in [5.41, 5.74) is 1.11. The summed E-state index contributed by atoms with van der Waals surface area (Å²) in [6.07, 6.45) is 2.12. The number of aromatic nitrogens is 1. The van der Waals surface area contributed by atoms with Gasteiger partial charge >= 0.3 is 0 Å². The molecule has 0 atom stereocenters. The van der Waals surface area contributed by atoms with Gasteiger partial charge < -0.3 is 5.11 Å². The Kier molecular flexibility index (Phi) is 7.46. The minimum atomic E-state index is -0.723. The van der Waals surface area contributed by atoms with Crippen molar-refractivity contribution in [3.63, 3.8) is 0 Å². The third kappa shape index (κ3) is 4.70. The predicted octanol–water partition coefficient (Wildman–Crippen LogP) is 3.92. The fourth-order valence-corrected chi connectivity index (χ4v) is 3.79. The fraction of sp³-hybridized carbons (Fsp3) is 0.320. The summed E-state index contributed by atoms with van der Waals surface area (Å²) in [6.45, 7) is 7.13. The second kappa shape index (κ2) is 10.1. The standard InChI is InChI=1S/C25H28F2N4O3/c1-6-30(14-33)24(13-32)28-29(5)22-11-17-18(10-21(22)27)25(34)31(12-19(17)15(2)3)23-9-16(4)7-8-20(23)26/h7-12,14-15,32H,6,13H2,1-5H3/b28-24-. The Labute approximate surface area is 196 Å². The number of carbonyl (C=O) groups excluding carboxylic acids is 1. The molecule has 0 saturated heterocycles. The monoisotopic (exact) mass is 470 g/mol. The number of aliphatic hydroxyl groups excluding tert-OH is 1. The number of pyridine rings is 1. The van der Waals surface area contributed by atoms with E-state index in [2.05, 4.69) is 5.10 Å². The Hall–Kier alpha value is -3.59. The van der Waals surface area contributed by atoms with Gasteiger partial charge in [-0.3, -0.25) is 24.1 Å². The van der Waals surface area contributed by atoms with E-state index in [0.29, 0.717) is 11.8 Å². The van der Waals surface area contributed by atoms with Crippen LogP contribution in [0.15, 0.2) is 46.4 Å². The maximum Gasteiger partial charge on any atom is 0.263 e. The van der Waals surface area contributed by atoms with Crippen molar-refractivity contribution in [3.8, 4) is 5.69 Å². The molecule has 9 heteroatoms. The first-order chi connectivity index (χ1) is 16.1. The molecule has 3 rings (SSSR count). The van der Waals surface area contributed by atoms with Gasteiger partial charge in [0.15, 0.2) is 5.84 Å². The molecule has 0 aliphatic carbocycles. The SMILES string of the molecule is CCN(C=O)/C(CO)=N\N(C)c1cc2c(C(C)C)cn(-c3cc(C)ccc3F)c(=O)c2cc1F. The average Bonchev–Trinajstić information content (AvgIpc) is 2.80. The molecule has 1 heterocycles. The lowest BCUT2D eigenvalue weighted by atomic mass is 9.97. The van der Waals surface area contributed by atoms with E-state index in [9.17, 15) is 19.1 Å². The van der Waals surface area contributed by atoms with Crippen LogP contribution < -0.4 is 10.6 Å². The molecule has 7 nitrogen and oxygen atoms in total. The quantitative estimate of drug-likeness (QED) is 0.246. The number of rotatable bonds is 7. The van der Waals surface area contributed by atoms with Gasteiger partial charge in [-0.1, -0.05) is 19.9 Å². The molecule has 0 aliphatic heterocycles. The number of fused-ring (bicyclic) bond motifs is 1. The molecule has 2 aromatic carbocycles. The Balaban J connectivity index is 2.26. The van der Waals surface area contributed by atoms with Gasteiger partial charge in [-0.25, -0.2) is 8.78 Å². The number of aryl methyl sites for hydroxylation is 1. The number of aliphatic hydroxyl groups is 1. The second-order valence-corrected chi connectivity index (χ2v) is 8.31. The highest BCUT2D eigenvalue weighted by Gasteiger charge is 2.19. The van der Waals surface area contributed by atoms with Crippen molar-refractivity contribution in [2.75, 3.05) is 25.2 Å². The summed E-state index contributed by atoms with van der Waals surface area (Å²) >= 11 is 0. The van der Waals surface area contributed by atoms with Crippen molar-refractivity contribution in [3.05, 3.63) is 69.6 Å². The highest BCUT2D eigenvalue weighted by Crippen LogP contribution is 2.31. The maximum absolute atomic E-state index is 15.2. The van der Waals surface area contributed by atoms with Crippen molar-refractivity contribution >= 4 is 28.7 Å². The van der Waals surface area contributed by atoms with Gasteiger partial charge in [0.2, 0.25) is 6.41 Å². The number of amidine groups is 1. The van der Waals surface area contributed by atoms with Crippen LogP contribution in [0.5, 0.6) is 0 Å². The van der Waals surface area contributed by atoms with E-state index in [-0.39, 0.29) is 35.1 Å². The number of hydrogen-bond donors (Lipinski definition) is 1. The third-order valence-electron chi connectivity index (χ3n) is 5.65. The van der Waals surface area contributed by atoms with E-state index in [1.54, 1.807) is 32.2 Å². The number of nitrogens with zero attached hydrogens (tertiary/aromatic N) is 4. The maximum atomic E-state index is 15.2. The first-order valence-corrected chi connectivity index (χ1v) is 10.9. The highest BCUT2D eigenvalue weighted by atomic mass is 19.1. The lowest BCUT2D eigenvalue weighted by molar-refractivity contribution is -0.114. The summed E-state index contributed by atoms with van der Waals surface area (Å²) in [5.74, 6) is -1.29. The van der Waals surface area contributed by atoms with Crippen molar-refractivity contribution in [2.24, 2.45) is 5.10 Å². The van der Waals surface area contributed by atoms with Crippen LogP contribution in [0.3, 0.4) is 0 Å². The van der Waals surface area contributed by atoms with Crippen LogP contribution in [0.25, 0.3) is 16.5 Å². The number of hydrogen-bond acceptors (Lipinski definition) is 5. The van der Waals surface area contributed by atoms with Gasteiger partial charge in [-0.2, -0.15) is 5.10 Å². The lowest BCUT2D eigenvalue weighted by Gasteiger charge is -2.22. The molecule has 0 fully saturated rings. The number of hydrazone groups is 1. The summed E-state index contributed by atoms with van der Waals surface area (Å²) in [6, 6.07) is 7.11. The molecule has 0 unspecified atom stereocenters. The van der Waals surface area contributed by atoms with Gasteiger partial charge in [0, 0.05) is 19.8 Å². The number of carbonyl (C=O) groups is 1. The van der Waals surface area contributed by atoms with Gasteiger partial charge in [0.1, 0.15) is 18.2 Å². The Morgan fingerprint density at radius 1 is 1.18 bits per heavy atom. The van der Waals surface area contributed by atoms with Crippen LogP contribution >= 0.6 is 0 Å². The van der Waals surface area contributed by atoms with Crippen molar-refractivity contribution in [2.45, 2.75) is 33.6 Å². The predicted molar refractivity (Wildman–Crippen MR) is 130 cm³/mol. The first kappa shape index (κ1) is 25.0. The Morgan fingerprint density at radius 2 is 1.88 bits per heavy atom. The molecule has 0 bridgehead atoms. The number of benzene rings is 2. The summed E-state index contributed by atoms with van der Waals surface area (Å²) < 4.78 is 31.0. The highest BCUT2D eigenvalue weighted by molar-refractivity contribution is 5.93. The number of halogens is 2. The Bertz CT molecular complexity index is 1320. The van der Waals surface area contributed by atoms with E-state index in [0.717, 1.165) is 17.2 Å². The van der Waals surface area contributed by atoms with E-state index in [1.807, 2.05) is 13.8 Å². The molecule has 0 saturated carbocycles.